The number of phenols is 1. The number of nitrogens with zero attached hydrogens (tertiary/aromatic N) is 2. The number of ether oxygens (including phenoxy) is 3. The zero-order valence-electron chi connectivity index (χ0n) is 16.3. The molecule has 1 unspecified atom stereocenters. The van der Waals surface area contributed by atoms with Gasteiger partial charge in [-0.05, 0) is 22.9 Å². The van der Waals surface area contributed by atoms with Gasteiger partial charge in [-0.2, -0.15) is 5.10 Å². The molecule has 0 bridgehead atoms. The average molecular weight is 423 g/mol. The molecule has 0 saturated heterocycles. The number of non-ortho nitro benzene ring substituents is 1. The van der Waals surface area contributed by atoms with Gasteiger partial charge in [0.15, 0.2) is 23.0 Å². The summed E-state index contributed by atoms with van der Waals surface area (Å²) in [5.74, 6) is -0.0269. The Hall–Kier alpha value is -4.34. The molecule has 10 heteroatoms. The predicted octanol–water partition coefficient (Wildman–Crippen LogP) is 2.75. The van der Waals surface area contributed by atoms with Crippen molar-refractivity contribution in [3.05, 3.63) is 64.2 Å². The lowest BCUT2D eigenvalue weighted by atomic mass is 10.1. The van der Waals surface area contributed by atoms with Crippen LogP contribution < -0.4 is 19.6 Å². The molecule has 1 atom stereocenters. The lowest BCUT2D eigenvalue weighted by molar-refractivity contribution is -0.385. The van der Waals surface area contributed by atoms with Crippen LogP contribution in [-0.4, -0.2) is 42.0 Å². The van der Waals surface area contributed by atoms with Gasteiger partial charge in [0.1, 0.15) is 6.61 Å². The molecule has 2 N–H and O–H groups in total. The van der Waals surface area contributed by atoms with Crippen LogP contribution in [0.5, 0.6) is 23.0 Å². The van der Waals surface area contributed by atoms with E-state index < -0.39 is 16.9 Å². The van der Waals surface area contributed by atoms with Crippen LogP contribution in [0.4, 0.5) is 5.69 Å². The van der Waals surface area contributed by atoms with E-state index in [1.54, 1.807) is 6.07 Å². The number of methoxy groups -OCH3 is 1. The predicted molar refractivity (Wildman–Crippen MR) is 111 cm³/mol. The first-order chi connectivity index (χ1) is 15.0. The van der Waals surface area contributed by atoms with E-state index in [2.05, 4.69) is 10.5 Å². The first-order valence-electron chi connectivity index (χ1n) is 9.17. The van der Waals surface area contributed by atoms with E-state index in [1.165, 1.54) is 7.11 Å². The Morgan fingerprint density at radius 1 is 1.26 bits per heavy atom. The fraction of sp³-hybridized carbons (Fsp3) is 0.143. The molecule has 0 aliphatic carbocycles. The summed E-state index contributed by atoms with van der Waals surface area (Å²) in [4.78, 5) is 22.8. The van der Waals surface area contributed by atoms with Gasteiger partial charge in [0.05, 0.1) is 24.3 Å². The third-order valence-electron chi connectivity index (χ3n) is 4.66. The second kappa shape index (κ2) is 8.19. The standard InChI is InChI=1S/C21H17N3O7/c1-29-18-9-15(24(27)28)6-14(20(18)25)10-22-23-21(26)19-11-30-16-7-12-4-2-3-5-13(12)8-17(16)31-19/h2-10,19,25H,11H2,1H3,(H,23,26)/b22-10+. The number of rotatable bonds is 5. The topological polar surface area (TPSA) is 133 Å². The average Bonchev–Trinajstić information content (AvgIpc) is 2.78. The number of carbonyl (C=O) groups is 1. The van der Waals surface area contributed by atoms with Crippen LogP contribution in [0.15, 0.2) is 53.6 Å². The minimum atomic E-state index is -0.945. The molecule has 3 aromatic carbocycles. The molecule has 158 valence electrons. The maximum absolute atomic E-state index is 12.4. The fourth-order valence-electron chi connectivity index (χ4n) is 3.10. The number of phenolic OH excluding ortho intramolecular Hbond substituents is 1. The lowest BCUT2D eigenvalue weighted by Crippen LogP contribution is -2.42. The van der Waals surface area contributed by atoms with Crippen molar-refractivity contribution >= 4 is 28.6 Å². The Morgan fingerprint density at radius 2 is 1.97 bits per heavy atom. The van der Waals surface area contributed by atoms with Crippen molar-refractivity contribution < 1.29 is 29.0 Å². The van der Waals surface area contributed by atoms with E-state index in [9.17, 15) is 20.0 Å². The van der Waals surface area contributed by atoms with E-state index in [0.717, 1.165) is 29.1 Å². The van der Waals surface area contributed by atoms with Gasteiger partial charge in [-0.25, -0.2) is 5.43 Å². The van der Waals surface area contributed by atoms with E-state index in [1.807, 2.05) is 30.3 Å². The zero-order chi connectivity index (χ0) is 22.0. The summed E-state index contributed by atoms with van der Waals surface area (Å²) in [6.45, 7) is -0.0113. The molecule has 10 nitrogen and oxygen atoms in total. The molecule has 0 saturated carbocycles. The van der Waals surface area contributed by atoms with Crippen molar-refractivity contribution in [2.45, 2.75) is 6.10 Å². The van der Waals surface area contributed by atoms with Crippen LogP contribution in [0.2, 0.25) is 0 Å². The van der Waals surface area contributed by atoms with Gasteiger partial charge in [0.25, 0.3) is 11.6 Å². The quantitative estimate of drug-likeness (QED) is 0.366. The van der Waals surface area contributed by atoms with E-state index in [-0.39, 0.29) is 29.4 Å². The molecule has 0 fully saturated rings. The van der Waals surface area contributed by atoms with E-state index in [0.29, 0.717) is 11.5 Å². The van der Waals surface area contributed by atoms with Gasteiger partial charge in [-0.15, -0.1) is 0 Å². The van der Waals surface area contributed by atoms with Crippen LogP contribution in [0, 0.1) is 10.1 Å². The first kappa shape index (κ1) is 20.0. The van der Waals surface area contributed by atoms with Gasteiger partial charge in [0.2, 0.25) is 6.10 Å². The van der Waals surface area contributed by atoms with Gasteiger partial charge in [-0.1, -0.05) is 24.3 Å². The molecular weight excluding hydrogens is 406 g/mol. The van der Waals surface area contributed by atoms with Crippen molar-refractivity contribution in [1.29, 1.82) is 0 Å². The molecule has 1 heterocycles. The van der Waals surface area contributed by atoms with E-state index in [4.69, 9.17) is 14.2 Å². The number of carbonyl (C=O) groups excluding carboxylic acids is 1. The highest BCUT2D eigenvalue weighted by Gasteiger charge is 2.27. The summed E-state index contributed by atoms with van der Waals surface area (Å²) in [5.41, 5.74) is 1.99. The number of fused-ring (bicyclic) bond motifs is 2. The normalized spacial score (nSPS) is 15.1. The molecule has 1 aliphatic rings. The maximum Gasteiger partial charge on any atom is 0.284 e. The van der Waals surface area contributed by atoms with Crippen molar-refractivity contribution in [1.82, 2.24) is 5.43 Å². The highest BCUT2D eigenvalue weighted by molar-refractivity contribution is 5.89. The molecule has 0 spiro atoms. The van der Waals surface area contributed by atoms with Gasteiger partial charge in [0, 0.05) is 11.6 Å². The first-order valence-corrected chi connectivity index (χ1v) is 9.17. The number of hydrogen-bond acceptors (Lipinski definition) is 8. The Morgan fingerprint density at radius 3 is 2.65 bits per heavy atom. The van der Waals surface area contributed by atoms with Crippen molar-refractivity contribution in [2.75, 3.05) is 13.7 Å². The number of hydrazone groups is 1. The fourth-order valence-corrected chi connectivity index (χ4v) is 3.10. The Balaban J connectivity index is 1.47. The summed E-state index contributed by atoms with van der Waals surface area (Å²) in [6.07, 6.45) is 0.132. The van der Waals surface area contributed by atoms with Crippen LogP contribution in [-0.2, 0) is 4.79 Å². The maximum atomic E-state index is 12.4. The molecule has 0 aromatic heterocycles. The summed E-state index contributed by atoms with van der Waals surface area (Å²) in [7, 11) is 1.27. The summed E-state index contributed by atoms with van der Waals surface area (Å²) < 4.78 is 16.3. The molecule has 1 amide bonds. The molecule has 31 heavy (non-hydrogen) atoms. The second-order valence-corrected chi connectivity index (χ2v) is 6.64. The smallest absolute Gasteiger partial charge is 0.284 e. The molecule has 4 rings (SSSR count). The largest absolute Gasteiger partial charge is 0.504 e. The summed E-state index contributed by atoms with van der Waals surface area (Å²) in [6, 6.07) is 13.5. The number of amides is 1. The van der Waals surface area contributed by atoms with Crippen LogP contribution in [0.3, 0.4) is 0 Å². The monoisotopic (exact) mass is 423 g/mol. The molecule has 0 radical (unpaired) electrons. The van der Waals surface area contributed by atoms with Gasteiger partial charge in [-0.3, -0.25) is 14.9 Å². The van der Waals surface area contributed by atoms with Crippen LogP contribution >= 0.6 is 0 Å². The number of nitrogens with one attached hydrogen (secondary N) is 1. The third kappa shape index (κ3) is 4.04. The third-order valence-corrected chi connectivity index (χ3v) is 4.66. The minimum Gasteiger partial charge on any atom is -0.504 e. The SMILES string of the molecule is COc1cc([N+](=O)[O-])cc(/C=N/NC(=O)C2COc3cc4ccccc4cc3O2)c1O. The number of hydrogen-bond donors (Lipinski definition) is 2. The van der Waals surface area contributed by atoms with Crippen molar-refractivity contribution in [3.63, 3.8) is 0 Å². The number of nitro benzene ring substituents is 1. The number of aromatic hydroxyl groups is 1. The van der Waals surface area contributed by atoms with Crippen molar-refractivity contribution in [3.8, 4) is 23.0 Å². The van der Waals surface area contributed by atoms with Crippen LogP contribution in [0.25, 0.3) is 10.8 Å². The second-order valence-electron chi connectivity index (χ2n) is 6.64. The van der Waals surface area contributed by atoms with Gasteiger partial charge >= 0.3 is 0 Å². The molecule has 3 aromatic rings. The number of benzene rings is 3. The lowest BCUT2D eigenvalue weighted by Gasteiger charge is -2.25. The summed E-state index contributed by atoms with van der Waals surface area (Å²) >= 11 is 0. The molecule has 1 aliphatic heterocycles. The van der Waals surface area contributed by atoms with E-state index >= 15 is 0 Å². The minimum absolute atomic E-state index is 0.00368. The van der Waals surface area contributed by atoms with Gasteiger partial charge < -0.3 is 19.3 Å². The van der Waals surface area contributed by atoms with Crippen LogP contribution in [0.1, 0.15) is 5.56 Å². The Bertz CT molecular complexity index is 1210. The Kier molecular flexibility index (Phi) is 5.27. The Labute approximate surface area is 175 Å². The highest BCUT2D eigenvalue weighted by atomic mass is 16.6. The molecular formula is C21H17N3O7. The number of nitro groups is 1. The highest BCUT2D eigenvalue weighted by Crippen LogP contribution is 2.36. The zero-order valence-corrected chi connectivity index (χ0v) is 16.3. The summed E-state index contributed by atoms with van der Waals surface area (Å²) in [5, 5.41) is 26.8. The van der Waals surface area contributed by atoms with Crippen molar-refractivity contribution in [2.24, 2.45) is 5.10 Å².